The van der Waals surface area contributed by atoms with Gasteiger partial charge in [0.05, 0.1) is 11.8 Å². The van der Waals surface area contributed by atoms with Crippen LogP contribution in [0.25, 0.3) is 0 Å². The van der Waals surface area contributed by atoms with E-state index in [0.717, 1.165) is 11.4 Å². The van der Waals surface area contributed by atoms with Gasteiger partial charge in [-0.15, -0.1) is 0 Å². The summed E-state index contributed by atoms with van der Waals surface area (Å²) in [5, 5.41) is 2.85. The molecule has 1 amide bonds. The Morgan fingerprint density at radius 1 is 1.10 bits per heavy atom. The summed E-state index contributed by atoms with van der Waals surface area (Å²) >= 11 is 0. The largest absolute Gasteiger partial charge is 0.465 e. The van der Waals surface area contributed by atoms with Crippen LogP contribution in [-0.2, 0) is 4.79 Å². The number of anilines is 1. The summed E-state index contributed by atoms with van der Waals surface area (Å²) in [6, 6.07) is 17.1. The number of amides is 1. The van der Waals surface area contributed by atoms with Gasteiger partial charge in [-0.05, 0) is 37.6 Å². The average molecular weight is 281 g/mol. The SMILES string of the molecule is CCC(=COc1ccc(C)cc1)C(=O)Nc1ccccc1. The van der Waals surface area contributed by atoms with Gasteiger partial charge in [-0.3, -0.25) is 4.79 Å². The molecule has 0 unspecified atom stereocenters. The van der Waals surface area contributed by atoms with Gasteiger partial charge < -0.3 is 10.1 Å². The van der Waals surface area contributed by atoms with E-state index in [9.17, 15) is 4.79 Å². The topological polar surface area (TPSA) is 38.3 Å². The molecular formula is C18H19NO2. The number of nitrogens with one attached hydrogen (secondary N) is 1. The third kappa shape index (κ3) is 4.49. The molecule has 108 valence electrons. The second kappa shape index (κ2) is 7.29. The standard InChI is InChI=1S/C18H19NO2/c1-3-15(13-21-17-11-9-14(2)10-12-17)18(20)19-16-7-5-4-6-8-16/h4-13H,3H2,1-2H3,(H,19,20). The maximum Gasteiger partial charge on any atom is 0.254 e. The summed E-state index contributed by atoms with van der Waals surface area (Å²) in [5.41, 5.74) is 2.54. The monoisotopic (exact) mass is 281 g/mol. The highest BCUT2D eigenvalue weighted by Crippen LogP contribution is 2.14. The van der Waals surface area contributed by atoms with Crippen LogP contribution in [0.3, 0.4) is 0 Å². The summed E-state index contributed by atoms with van der Waals surface area (Å²) in [6.07, 6.45) is 2.12. The fourth-order valence-corrected chi connectivity index (χ4v) is 1.79. The molecule has 0 atom stereocenters. The van der Waals surface area contributed by atoms with Crippen LogP contribution in [-0.4, -0.2) is 5.91 Å². The molecule has 0 radical (unpaired) electrons. The van der Waals surface area contributed by atoms with Crippen molar-refractivity contribution in [2.24, 2.45) is 0 Å². The quantitative estimate of drug-likeness (QED) is 0.655. The summed E-state index contributed by atoms with van der Waals surface area (Å²) in [5.74, 6) is 0.579. The first-order chi connectivity index (χ1) is 10.2. The van der Waals surface area contributed by atoms with E-state index in [4.69, 9.17) is 4.74 Å². The molecule has 0 fully saturated rings. The lowest BCUT2D eigenvalue weighted by molar-refractivity contribution is -0.113. The first kappa shape index (κ1) is 14.9. The van der Waals surface area contributed by atoms with E-state index >= 15 is 0 Å². The Morgan fingerprint density at radius 3 is 2.38 bits per heavy atom. The van der Waals surface area contributed by atoms with E-state index in [-0.39, 0.29) is 5.91 Å². The van der Waals surface area contributed by atoms with Crippen molar-refractivity contribution in [2.45, 2.75) is 20.3 Å². The molecule has 3 heteroatoms. The molecule has 2 rings (SSSR count). The van der Waals surface area contributed by atoms with Crippen molar-refractivity contribution in [3.8, 4) is 5.75 Å². The summed E-state index contributed by atoms with van der Waals surface area (Å²) < 4.78 is 5.55. The van der Waals surface area contributed by atoms with E-state index in [0.29, 0.717) is 12.0 Å². The Morgan fingerprint density at radius 2 is 1.76 bits per heavy atom. The number of carbonyl (C=O) groups is 1. The number of benzene rings is 2. The normalized spacial score (nSPS) is 11.0. The van der Waals surface area contributed by atoms with Crippen molar-refractivity contribution in [2.75, 3.05) is 5.32 Å². The molecule has 21 heavy (non-hydrogen) atoms. The highest BCUT2D eigenvalue weighted by atomic mass is 16.5. The van der Waals surface area contributed by atoms with Gasteiger partial charge in [0.2, 0.25) is 0 Å². The van der Waals surface area contributed by atoms with Crippen molar-refractivity contribution < 1.29 is 9.53 Å². The van der Waals surface area contributed by atoms with E-state index in [1.807, 2.05) is 68.4 Å². The Balaban J connectivity index is 2.02. The minimum absolute atomic E-state index is 0.143. The molecule has 0 aliphatic carbocycles. The molecule has 3 nitrogen and oxygen atoms in total. The fraction of sp³-hybridized carbons (Fsp3) is 0.167. The molecule has 0 aliphatic rings. The third-order valence-corrected chi connectivity index (χ3v) is 3.06. The van der Waals surface area contributed by atoms with E-state index in [1.165, 1.54) is 11.8 Å². The second-order valence-electron chi connectivity index (χ2n) is 4.75. The van der Waals surface area contributed by atoms with Crippen molar-refractivity contribution in [1.82, 2.24) is 0 Å². The molecule has 0 spiro atoms. The minimum Gasteiger partial charge on any atom is -0.465 e. The van der Waals surface area contributed by atoms with Gasteiger partial charge in [0.25, 0.3) is 5.91 Å². The first-order valence-electron chi connectivity index (χ1n) is 6.98. The molecular weight excluding hydrogens is 262 g/mol. The third-order valence-electron chi connectivity index (χ3n) is 3.06. The molecule has 0 saturated carbocycles. The van der Waals surface area contributed by atoms with Crippen molar-refractivity contribution in [3.63, 3.8) is 0 Å². The molecule has 0 aromatic heterocycles. The second-order valence-corrected chi connectivity index (χ2v) is 4.75. The minimum atomic E-state index is -0.143. The highest BCUT2D eigenvalue weighted by Gasteiger charge is 2.08. The summed E-state index contributed by atoms with van der Waals surface area (Å²) in [7, 11) is 0. The van der Waals surface area contributed by atoms with E-state index < -0.39 is 0 Å². The number of rotatable bonds is 5. The maximum absolute atomic E-state index is 12.2. The average Bonchev–Trinajstić information content (AvgIpc) is 2.51. The van der Waals surface area contributed by atoms with Crippen molar-refractivity contribution in [1.29, 1.82) is 0 Å². The zero-order valence-electron chi connectivity index (χ0n) is 12.3. The zero-order valence-corrected chi connectivity index (χ0v) is 12.3. The number of hydrogen-bond donors (Lipinski definition) is 1. The smallest absolute Gasteiger partial charge is 0.254 e. The molecule has 2 aromatic carbocycles. The van der Waals surface area contributed by atoms with Crippen LogP contribution >= 0.6 is 0 Å². The number of aryl methyl sites for hydroxylation is 1. The van der Waals surface area contributed by atoms with Gasteiger partial charge in [-0.25, -0.2) is 0 Å². The van der Waals surface area contributed by atoms with Gasteiger partial charge in [0, 0.05) is 5.69 Å². The Bertz CT molecular complexity index is 615. The number of para-hydroxylation sites is 1. The highest BCUT2D eigenvalue weighted by molar-refractivity contribution is 6.03. The van der Waals surface area contributed by atoms with Gasteiger partial charge in [-0.2, -0.15) is 0 Å². The predicted molar refractivity (Wildman–Crippen MR) is 85.3 cm³/mol. The number of hydrogen-bond acceptors (Lipinski definition) is 2. The van der Waals surface area contributed by atoms with Gasteiger partial charge >= 0.3 is 0 Å². The lowest BCUT2D eigenvalue weighted by atomic mass is 10.2. The first-order valence-corrected chi connectivity index (χ1v) is 6.98. The van der Waals surface area contributed by atoms with Crippen LogP contribution in [0.5, 0.6) is 5.75 Å². The molecule has 1 N–H and O–H groups in total. The van der Waals surface area contributed by atoms with Gasteiger partial charge in [-0.1, -0.05) is 42.8 Å². The lowest BCUT2D eigenvalue weighted by Crippen LogP contribution is -2.14. The fourth-order valence-electron chi connectivity index (χ4n) is 1.79. The molecule has 0 aliphatic heterocycles. The van der Waals surface area contributed by atoms with E-state index in [1.54, 1.807) is 0 Å². The Labute approximate surface area is 125 Å². The van der Waals surface area contributed by atoms with Crippen molar-refractivity contribution in [3.05, 3.63) is 72.0 Å². The number of carbonyl (C=O) groups excluding carboxylic acids is 1. The summed E-state index contributed by atoms with van der Waals surface area (Å²) in [6.45, 7) is 3.94. The zero-order chi connectivity index (χ0) is 15.1. The Hall–Kier alpha value is -2.55. The molecule has 2 aromatic rings. The molecule has 0 bridgehead atoms. The van der Waals surface area contributed by atoms with Crippen molar-refractivity contribution >= 4 is 11.6 Å². The maximum atomic E-state index is 12.2. The van der Waals surface area contributed by atoms with Crippen LogP contribution in [0.1, 0.15) is 18.9 Å². The van der Waals surface area contributed by atoms with Crippen LogP contribution < -0.4 is 10.1 Å². The number of ether oxygens (including phenoxy) is 1. The predicted octanol–water partition coefficient (Wildman–Crippen LogP) is 4.31. The van der Waals surface area contributed by atoms with Crippen LogP contribution in [0, 0.1) is 6.92 Å². The van der Waals surface area contributed by atoms with Crippen LogP contribution in [0.4, 0.5) is 5.69 Å². The van der Waals surface area contributed by atoms with Gasteiger partial charge in [0.15, 0.2) is 0 Å². The Kier molecular flexibility index (Phi) is 5.16. The summed E-state index contributed by atoms with van der Waals surface area (Å²) in [4.78, 5) is 12.2. The van der Waals surface area contributed by atoms with Crippen LogP contribution in [0.15, 0.2) is 66.4 Å². The molecule has 0 saturated heterocycles. The van der Waals surface area contributed by atoms with E-state index in [2.05, 4.69) is 5.32 Å². The van der Waals surface area contributed by atoms with Gasteiger partial charge in [0.1, 0.15) is 5.75 Å². The lowest BCUT2D eigenvalue weighted by Gasteiger charge is -2.08. The molecule has 0 heterocycles. The van der Waals surface area contributed by atoms with Crippen LogP contribution in [0.2, 0.25) is 0 Å².